The van der Waals surface area contributed by atoms with Gasteiger partial charge in [-0.15, -0.1) is 0 Å². The Hall–Kier alpha value is -1.55. The van der Waals surface area contributed by atoms with Gasteiger partial charge in [-0.2, -0.15) is 0 Å². The molecule has 1 aromatic carbocycles. The van der Waals surface area contributed by atoms with Gasteiger partial charge in [0.15, 0.2) is 0 Å². The molecule has 0 saturated heterocycles. The molecular formula is C11H17N3O. The molecule has 1 rings (SSSR count). The van der Waals surface area contributed by atoms with Gasteiger partial charge in [0.25, 0.3) is 0 Å². The fourth-order valence-corrected chi connectivity index (χ4v) is 1.05. The van der Waals surface area contributed by atoms with Crippen LogP contribution in [0.3, 0.4) is 0 Å². The zero-order valence-electron chi connectivity index (χ0n) is 8.94. The first-order chi connectivity index (χ1) is 7.36. The summed E-state index contributed by atoms with van der Waals surface area (Å²) in [6.07, 6.45) is 0.997. The van der Waals surface area contributed by atoms with Crippen molar-refractivity contribution < 1.29 is 4.74 Å². The maximum Gasteiger partial charge on any atom is 0.149 e. The molecule has 0 aliphatic rings. The average molecular weight is 207 g/mol. The smallest absolute Gasteiger partial charge is 0.149 e. The molecular weight excluding hydrogens is 190 g/mol. The van der Waals surface area contributed by atoms with Crippen molar-refractivity contribution in [3.63, 3.8) is 0 Å². The van der Waals surface area contributed by atoms with Crippen LogP contribution in [0.1, 0.15) is 13.3 Å². The number of benzene rings is 1. The topological polar surface area (TPSA) is 59.6 Å². The van der Waals surface area contributed by atoms with Gasteiger partial charge >= 0.3 is 0 Å². The van der Waals surface area contributed by atoms with Crippen molar-refractivity contribution in [3.05, 3.63) is 30.3 Å². The van der Waals surface area contributed by atoms with E-state index < -0.39 is 0 Å². The molecule has 0 amide bonds. The van der Waals surface area contributed by atoms with E-state index in [9.17, 15) is 0 Å². The molecule has 0 heterocycles. The monoisotopic (exact) mass is 207 g/mol. The fourth-order valence-electron chi connectivity index (χ4n) is 1.05. The summed E-state index contributed by atoms with van der Waals surface area (Å²) >= 11 is 0. The fraction of sp³-hybridized carbons (Fsp3) is 0.364. The Bertz CT molecular complexity index is 298. The van der Waals surface area contributed by atoms with E-state index in [1.54, 1.807) is 0 Å². The van der Waals surface area contributed by atoms with E-state index in [2.05, 4.69) is 17.3 Å². The predicted octanol–water partition coefficient (Wildman–Crippen LogP) is 1.34. The van der Waals surface area contributed by atoms with Gasteiger partial charge in [0, 0.05) is 6.54 Å². The van der Waals surface area contributed by atoms with Crippen LogP contribution in [-0.4, -0.2) is 19.0 Å². The number of aliphatic imine (C=N–C) groups is 1. The molecule has 0 unspecified atom stereocenters. The van der Waals surface area contributed by atoms with Crippen LogP contribution >= 0.6 is 0 Å². The van der Waals surface area contributed by atoms with Gasteiger partial charge in [0.1, 0.15) is 18.2 Å². The number of ether oxygens (including phenoxy) is 1. The Labute approximate surface area is 90.1 Å². The summed E-state index contributed by atoms with van der Waals surface area (Å²) in [6, 6.07) is 9.59. The second-order valence-electron chi connectivity index (χ2n) is 3.07. The van der Waals surface area contributed by atoms with E-state index in [0.29, 0.717) is 12.4 Å². The zero-order chi connectivity index (χ0) is 10.9. The molecule has 15 heavy (non-hydrogen) atoms. The minimum Gasteiger partial charge on any atom is -0.486 e. The highest BCUT2D eigenvalue weighted by Gasteiger charge is 1.97. The van der Waals surface area contributed by atoms with Crippen LogP contribution in [0.5, 0.6) is 5.75 Å². The molecule has 0 radical (unpaired) electrons. The Balaban J connectivity index is 2.41. The van der Waals surface area contributed by atoms with Crippen LogP contribution in [0.15, 0.2) is 35.3 Å². The quantitative estimate of drug-likeness (QED) is 0.331. The minimum atomic E-state index is 0.376. The van der Waals surface area contributed by atoms with Gasteiger partial charge in [-0.25, -0.2) is 5.84 Å². The Morgan fingerprint density at radius 1 is 1.40 bits per heavy atom. The largest absolute Gasteiger partial charge is 0.486 e. The number of nitrogens with two attached hydrogens (primary N) is 1. The Morgan fingerprint density at radius 2 is 2.13 bits per heavy atom. The molecule has 3 N–H and O–H groups in total. The average Bonchev–Trinajstić information content (AvgIpc) is 2.31. The summed E-state index contributed by atoms with van der Waals surface area (Å²) in [6.45, 7) is 3.20. The first kappa shape index (κ1) is 11.5. The maximum absolute atomic E-state index is 5.48. The second-order valence-corrected chi connectivity index (χ2v) is 3.07. The molecule has 0 fully saturated rings. The standard InChI is InChI=1S/C11H17N3O/c1-2-8-13-11(14-12)9-15-10-6-4-3-5-7-10/h3-7H,2,8-9,12H2,1H3,(H,13,14). The van der Waals surface area contributed by atoms with Gasteiger partial charge in [-0.05, 0) is 18.6 Å². The lowest BCUT2D eigenvalue weighted by Gasteiger charge is -2.07. The molecule has 4 heteroatoms. The van der Waals surface area contributed by atoms with E-state index in [1.165, 1.54) is 0 Å². The van der Waals surface area contributed by atoms with E-state index in [1.807, 2.05) is 30.3 Å². The lowest BCUT2D eigenvalue weighted by molar-refractivity contribution is 0.371. The number of nitrogens with zero attached hydrogens (tertiary/aromatic N) is 1. The van der Waals surface area contributed by atoms with Crippen molar-refractivity contribution in [2.75, 3.05) is 13.2 Å². The summed E-state index contributed by atoms with van der Waals surface area (Å²) in [7, 11) is 0. The van der Waals surface area contributed by atoms with Crippen molar-refractivity contribution in [1.82, 2.24) is 5.43 Å². The van der Waals surface area contributed by atoms with Gasteiger partial charge < -0.3 is 10.2 Å². The van der Waals surface area contributed by atoms with Crippen LogP contribution in [0.25, 0.3) is 0 Å². The predicted molar refractivity (Wildman–Crippen MR) is 61.9 cm³/mol. The first-order valence-corrected chi connectivity index (χ1v) is 5.04. The number of rotatable bonds is 5. The first-order valence-electron chi connectivity index (χ1n) is 5.04. The highest BCUT2D eigenvalue weighted by Crippen LogP contribution is 2.07. The minimum absolute atomic E-state index is 0.376. The number of para-hydroxylation sites is 1. The normalized spacial score (nSPS) is 11.2. The van der Waals surface area contributed by atoms with E-state index >= 15 is 0 Å². The lowest BCUT2D eigenvalue weighted by atomic mass is 10.3. The van der Waals surface area contributed by atoms with Gasteiger partial charge in [-0.1, -0.05) is 25.1 Å². The van der Waals surface area contributed by atoms with E-state index in [0.717, 1.165) is 18.7 Å². The van der Waals surface area contributed by atoms with E-state index in [-0.39, 0.29) is 0 Å². The zero-order valence-corrected chi connectivity index (χ0v) is 8.94. The lowest BCUT2D eigenvalue weighted by Crippen LogP contribution is -2.35. The van der Waals surface area contributed by atoms with Crippen molar-refractivity contribution in [1.29, 1.82) is 0 Å². The third-order valence-electron chi connectivity index (χ3n) is 1.81. The molecule has 0 saturated carbocycles. The second kappa shape index (κ2) is 6.84. The molecule has 1 aromatic rings. The summed E-state index contributed by atoms with van der Waals surface area (Å²) in [4.78, 5) is 4.23. The van der Waals surface area contributed by atoms with Crippen molar-refractivity contribution in [3.8, 4) is 5.75 Å². The molecule has 82 valence electrons. The van der Waals surface area contributed by atoms with Crippen molar-refractivity contribution in [2.45, 2.75) is 13.3 Å². The van der Waals surface area contributed by atoms with Crippen LogP contribution in [0.2, 0.25) is 0 Å². The SMILES string of the molecule is CCCN=C(COc1ccccc1)NN. The van der Waals surface area contributed by atoms with Crippen LogP contribution in [-0.2, 0) is 0 Å². The third kappa shape index (κ3) is 4.46. The van der Waals surface area contributed by atoms with Crippen LogP contribution in [0, 0.1) is 0 Å². The van der Waals surface area contributed by atoms with Crippen molar-refractivity contribution >= 4 is 5.84 Å². The maximum atomic E-state index is 5.48. The number of nitrogens with one attached hydrogen (secondary N) is 1. The molecule has 0 bridgehead atoms. The summed E-state index contributed by atoms with van der Waals surface area (Å²) in [5.41, 5.74) is 2.53. The van der Waals surface area contributed by atoms with Gasteiger partial charge in [0.05, 0.1) is 0 Å². The van der Waals surface area contributed by atoms with Crippen molar-refractivity contribution in [2.24, 2.45) is 10.8 Å². The Kier molecular flexibility index (Phi) is 5.25. The highest BCUT2D eigenvalue weighted by atomic mass is 16.5. The number of amidine groups is 1. The van der Waals surface area contributed by atoms with Crippen LogP contribution < -0.4 is 16.0 Å². The molecule has 0 aromatic heterocycles. The van der Waals surface area contributed by atoms with Crippen LogP contribution in [0.4, 0.5) is 0 Å². The Morgan fingerprint density at radius 3 is 2.73 bits per heavy atom. The molecule has 0 aliphatic carbocycles. The summed E-state index contributed by atoms with van der Waals surface area (Å²) in [5, 5.41) is 0. The molecule has 4 nitrogen and oxygen atoms in total. The van der Waals surface area contributed by atoms with Gasteiger partial charge in [0.2, 0.25) is 0 Å². The highest BCUT2D eigenvalue weighted by molar-refractivity contribution is 5.83. The third-order valence-corrected chi connectivity index (χ3v) is 1.81. The summed E-state index contributed by atoms with van der Waals surface area (Å²) < 4.78 is 5.48. The van der Waals surface area contributed by atoms with E-state index in [4.69, 9.17) is 10.6 Å². The molecule has 0 atom stereocenters. The number of hydrogen-bond donors (Lipinski definition) is 2. The molecule has 0 spiro atoms. The summed E-state index contributed by atoms with van der Waals surface area (Å²) in [5.74, 6) is 6.80. The van der Waals surface area contributed by atoms with Gasteiger partial charge in [-0.3, -0.25) is 4.99 Å². The number of hydrogen-bond acceptors (Lipinski definition) is 3. The molecule has 0 aliphatic heterocycles. The number of hydrazine groups is 1.